The number of para-hydroxylation sites is 1. The molecule has 0 saturated heterocycles. The van der Waals surface area contributed by atoms with Crippen molar-refractivity contribution >= 4 is 5.91 Å². The number of carbonyl (C=O) groups excluding carboxylic acids is 1. The lowest BCUT2D eigenvalue weighted by Crippen LogP contribution is -2.26. The standard InChI is InChI=1S/C20H18F3N3O/c1-14-12-18(24-26(14)17-6-4-3-5-7-17)19(27)25(2)13-15-8-10-16(11-9-15)20(21,22)23/h3-12H,13H2,1-2H3. The van der Waals surface area contributed by atoms with Gasteiger partial charge in [0.05, 0.1) is 11.3 Å². The van der Waals surface area contributed by atoms with E-state index in [1.54, 1.807) is 17.8 Å². The SMILES string of the molecule is Cc1cc(C(=O)N(C)Cc2ccc(C(F)(F)F)cc2)nn1-c1ccccc1. The third-order valence-electron chi connectivity index (χ3n) is 4.16. The second-order valence-electron chi connectivity index (χ2n) is 6.27. The lowest BCUT2D eigenvalue weighted by Gasteiger charge is -2.16. The number of alkyl halides is 3. The molecule has 7 heteroatoms. The van der Waals surface area contributed by atoms with Gasteiger partial charge in [-0.05, 0) is 42.8 Å². The number of amides is 1. The third-order valence-corrected chi connectivity index (χ3v) is 4.16. The molecule has 0 spiro atoms. The molecule has 27 heavy (non-hydrogen) atoms. The first kappa shape index (κ1) is 18.7. The molecule has 0 fully saturated rings. The zero-order valence-electron chi connectivity index (χ0n) is 14.9. The number of carbonyl (C=O) groups is 1. The van der Waals surface area contributed by atoms with E-state index in [0.29, 0.717) is 5.56 Å². The van der Waals surface area contributed by atoms with Gasteiger partial charge in [-0.3, -0.25) is 4.79 Å². The number of halogens is 3. The molecule has 0 radical (unpaired) electrons. The van der Waals surface area contributed by atoms with Gasteiger partial charge in [-0.15, -0.1) is 0 Å². The first-order chi connectivity index (χ1) is 12.8. The van der Waals surface area contributed by atoms with Crippen LogP contribution in [0.3, 0.4) is 0 Å². The summed E-state index contributed by atoms with van der Waals surface area (Å²) in [4.78, 5) is 14.1. The average molecular weight is 373 g/mol. The second-order valence-corrected chi connectivity index (χ2v) is 6.27. The molecule has 3 rings (SSSR count). The molecule has 0 aliphatic heterocycles. The summed E-state index contributed by atoms with van der Waals surface area (Å²) in [5.41, 5.74) is 1.84. The fourth-order valence-corrected chi connectivity index (χ4v) is 2.75. The molecule has 1 amide bonds. The zero-order chi connectivity index (χ0) is 19.6. The van der Waals surface area contributed by atoms with Gasteiger partial charge in [0.2, 0.25) is 0 Å². The molecular weight excluding hydrogens is 355 g/mol. The van der Waals surface area contributed by atoms with Crippen LogP contribution in [-0.2, 0) is 12.7 Å². The Morgan fingerprint density at radius 2 is 1.70 bits per heavy atom. The van der Waals surface area contributed by atoms with E-state index in [1.165, 1.54) is 17.0 Å². The molecule has 3 aromatic rings. The van der Waals surface area contributed by atoms with E-state index in [9.17, 15) is 18.0 Å². The molecule has 0 atom stereocenters. The van der Waals surface area contributed by atoms with Crippen LogP contribution in [0, 0.1) is 6.92 Å². The predicted molar refractivity (Wildman–Crippen MR) is 95.5 cm³/mol. The Morgan fingerprint density at radius 1 is 1.07 bits per heavy atom. The molecule has 0 unspecified atom stereocenters. The van der Waals surface area contributed by atoms with Crippen LogP contribution < -0.4 is 0 Å². The summed E-state index contributed by atoms with van der Waals surface area (Å²) in [6.07, 6.45) is -4.37. The average Bonchev–Trinajstić information content (AvgIpc) is 3.03. The minimum Gasteiger partial charge on any atom is -0.336 e. The van der Waals surface area contributed by atoms with Gasteiger partial charge in [-0.2, -0.15) is 18.3 Å². The first-order valence-electron chi connectivity index (χ1n) is 8.29. The van der Waals surface area contributed by atoms with Crippen LogP contribution in [0.25, 0.3) is 5.69 Å². The summed E-state index contributed by atoms with van der Waals surface area (Å²) in [5, 5.41) is 4.37. The second kappa shape index (κ2) is 7.26. The third kappa shape index (κ3) is 4.19. The fraction of sp³-hybridized carbons (Fsp3) is 0.200. The summed E-state index contributed by atoms with van der Waals surface area (Å²) in [5.74, 6) is -0.298. The number of hydrogen-bond acceptors (Lipinski definition) is 2. The van der Waals surface area contributed by atoms with E-state index in [4.69, 9.17) is 0 Å². The maximum Gasteiger partial charge on any atom is 0.416 e. The van der Waals surface area contributed by atoms with Gasteiger partial charge in [0.15, 0.2) is 5.69 Å². The number of hydrogen-bond donors (Lipinski definition) is 0. The Morgan fingerprint density at radius 3 is 2.30 bits per heavy atom. The molecule has 0 aliphatic carbocycles. The Labute approximate surface area is 154 Å². The number of aromatic nitrogens is 2. The monoisotopic (exact) mass is 373 g/mol. The predicted octanol–water partition coefficient (Wildman–Crippen LogP) is 4.47. The van der Waals surface area contributed by atoms with Crippen molar-refractivity contribution in [1.82, 2.24) is 14.7 Å². The normalized spacial score (nSPS) is 11.4. The Kier molecular flexibility index (Phi) is 5.03. The van der Waals surface area contributed by atoms with Gasteiger partial charge in [-0.1, -0.05) is 30.3 Å². The summed E-state index contributed by atoms with van der Waals surface area (Å²) < 4.78 is 39.6. The van der Waals surface area contributed by atoms with Crippen LogP contribution in [0.1, 0.15) is 27.3 Å². The van der Waals surface area contributed by atoms with Crippen molar-refractivity contribution in [3.8, 4) is 5.69 Å². The number of rotatable bonds is 4. The minimum atomic E-state index is -4.37. The van der Waals surface area contributed by atoms with Crippen molar-refractivity contribution in [1.29, 1.82) is 0 Å². The van der Waals surface area contributed by atoms with Crippen LogP contribution in [0.4, 0.5) is 13.2 Å². The van der Waals surface area contributed by atoms with E-state index >= 15 is 0 Å². The molecule has 4 nitrogen and oxygen atoms in total. The molecule has 0 saturated carbocycles. The number of benzene rings is 2. The van der Waals surface area contributed by atoms with Crippen LogP contribution in [-0.4, -0.2) is 27.6 Å². The highest BCUT2D eigenvalue weighted by Crippen LogP contribution is 2.29. The van der Waals surface area contributed by atoms with Gasteiger partial charge in [0.25, 0.3) is 5.91 Å². The summed E-state index contributed by atoms with van der Waals surface area (Å²) >= 11 is 0. The highest BCUT2D eigenvalue weighted by atomic mass is 19.4. The van der Waals surface area contributed by atoms with Crippen LogP contribution in [0.2, 0.25) is 0 Å². The van der Waals surface area contributed by atoms with Crippen molar-refractivity contribution in [3.63, 3.8) is 0 Å². The first-order valence-corrected chi connectivity index (χ1v) is 8.29. The van der Waals surface area contributed by atoms with E-state index in [0.717, 1.165) is 23.5 Å². The lowest BCUT2D eigenvalue weighted by atomic mass is 10.1. The molecule has 0 N–H and O–H groups in total. The van der Waals surface area contributed by atoms with Crippen LogP contribution in [0.5, 0.6) is 0 Å². The highest BCUT2D eigenvalue weighted by molar-refractivity contribution is 5.92. The van der Waals surface area contributed by atoms with Gasteiger partial charge >= 0.3 is 6.18 Å². The van der Waals surface area contributed by atoms with Crippen LogP contribution >= 0.6 is 0 Å². The van der Waals surface area contributed by atoms with E-state index in [2.05, 4.69) is 5.10 Å². The van der Waals surface area contributed by atoms with Gasteiger partial charge in [0, 0.05) is 19.3 Å². The summed E-state index contributed by atoms with van der Waals surface area (Å²) in [7, 11) is 1.59. The van der Waals surface area contributed by atoms with Crippen molar-refractivity contribution in [2.45, 2.75) is 19.6 Å². The van der Waals surface area contributed by atoms with Crippen LogP contribution in [0.15, 0.2) is 60.7 Å². The van der Waals surface area contributed by atoms with Crippen molar-refractivity contribution in [3.05, 3.63) is 83.2 Å². The fourth-order valence-electron chi connectivity index (χ4n) is 2.75. The topological polar surface area (TPSA) is 38.1 Å². The molecule has 140 valence electrons. The Bertz CT molecular complexity index is 931. The van der Waals surface area contributed by atoms with Crippen molar-refractivity contribution < 1.29 is 18.0 Å². The molecule has 0 bridgehead atoms. The number of nitrogens with zero attached hydrogens (tertiary/aromatic N) is 3. The molecule has 1 heterocycles. The minimum absolute atomic E-state index is 0.189. The van der Waals surface area contributed by atoms with Gasteiger partial charge < -0.3 is 4.90 Å². The molecule has 1 aromatic heterocycles. The summed E-state index contributed by atoms with van der Waals surface area (Å²) in [6, 6.07) is 15.9. The molecule has 2 aromatic carbocycles. The van der Waals surface area contributed by atoms with E-state index < -0.39 is 11.7 Å². The smallest absolute Gasteiger partial charge is 0.336 e. The maximum atomic E-state index is 12.6. The Balaban J connectivity index is 1.74. The maximum absolute atomic E-state index is 12.6. The molecular formula is C20H18F3N3O. The molecule has 0 aliphatic rings. The van der Waals surface area contributed by atoms with Gasteiger partial charge in [-0.25, -0.2) is 4.68 Å². The van der Waals surface area contributed by atoms with Crippen molar-refractivity contribution in [2.24, 2.45) is 0 Å². The Hall–Kier alpha value is -3.09. The van der Waals surface area contributed by atoms with E-state index in [1.807, 2.05) is 37.3 Å². The largest absolute Gasteiger partial charge is 0.416 e. The number of aryl methyl sites for hydroxylation is 1. The highest BCUT2D eigenvalue weighted by Gasteiger charge is 2.30. The van der Waals surface area contributed by atoms with Crippen molar-refractivity contribution in [2.75, 3.05) is 7.05 Å². The van der Waals surface area contributed by atoms with Gasteiger partial charge in [0.1, 0.15) is 0 Å². The lowest BCUT2D eigenvalue weighted by molar-refractivity contribution is -0.137. The van der Waals surface area contributed by atoms with E-state index in [-0.39, 0.29) is 18.1 Å². The quantitative estimate of drug-likeness (QED) is 0.677. The summed E-state index contributed by atoms with van der Waals surface area (Å²) in [6.45, 7) is 2.04. The zero-order valence-corrected chi connectivity index (χ0v) is 14.9.